The van der Waals surface area contributed by atoms with Crippen molar-refractivity contribution in [1.29, 1.82) is 0 Å². The summed E-state index contributed by atoms with van der Waals surface area (Å²) in [5.74, 6) is -1.72. The fourth-order valence-corrected chi connectivity index (χ4v) is 6.47. The number of nitrogens with zero attached hydrogens (tertiary/aromatic N) is 2. The van der Waals surface area contributed by atoms with Crippen LogP contribution in [0, 0.1) is 0 Å². The molecule has 0 bridgehead atoms. The van der Waals surface area contributed by atoms with Crippen LogP contribution in [-0.2, 0) is 21.5 Å². The zero-order valence-electron chi connectivity index (χ0n) is 17.3. The molecule has 0 N–H and O–H groups in total. The summed E-state index contributed by atoms with van der Waals surface area (Å²) in [6.07, 6.45) is 1.97. The Labute approximate surface area is 231 Å². The van der Waals surface area contributed by atoms with Gasteiger partial charge in [0.05, 0.1) is 26.9 Å². The molecule has 0 unspecified atom stereocenters. The van der Waals surface area contributed by atoms with Crippen molar-refractivity contribution in [2.75, 3.05) is 17.2 Å². The summed E-state index contributed by atoms with van der Waals surface area (Å²) in [6, 6.07) is 10.7. The number of halogens is 2. The summed E-state index contributed by atoms with van der Waals surface area (Å²) in [6.45, 7) is -0.0673. The molecular weight excluding hydrogens is 538 g/mol. The van der Waals surface area contributed by atoms with Gasteiger partial charge in [0.25, 0.3) is 5.01 Å². The average molecular weight is 553 g/mol. The van der Waals surface area contributed by atoms with Gasteiger partial charge in [0, 0.05) is 33.3 Å². The minimum atomic E-state index is -4.34. The van der Waals surface area contributed by atoms with Crippen molar-refractivity contribution in [3.05, 3.63) is 56.5 Å². The number of benzene rings is 2. The quantitative estimate of drug-likeness (QED) is 0.232. The SMILES string of the molecule is O=C([O-])C[n+]1c(C=C2Sc3ccc(Cl)cc3N2CCCS(=O)(=O)[O-])sc2ccc(Cl)cc21.[Na+]. The van der Waals surface area contributed by atoms with Gasteiger partial charge in [-0.1, -0.05) is 46.3 Å². The fraction of sp³-hybridized carbons (Fsp3) is 0.200. The Hall–Kier alpha value is -0.820. The first kappa shape index (κ1) is 26.8. The number of carboxylic acids is 1. The molecule has 0 amide bonds. The predicted molar refractivity (Wildman–Crippen MR) is 124 cm³/mol. The topological polar surface area (TPSA) is 104 Å². The first-order chi connectivity index (χ1) is 15.1. The van der Waals surface area contributed by atoms with Crippen LogP contribution in [0.4, 0.5) is 5.69 Å². The second kappa shape index (κ2) is 10.8. The van der Waals surface area contributed by atoms with Gasteiger partial charge in [-0.2, -0.15) is 4.57 Å². The van der Waals surface area contributed by atoms with Crippen LogP contribution in [-0.4, -0.2) is 31.2 Å². The van der Waals surface area contributed by atoms with Gasteiger partial charge in [0.2, 0.25) is 5.52 Å². The molecule has 2 aromatic carbocycles. The van der Waals surface area contributed by atoms with Crippen LogP contribution in [0.2, 0.25) is 10.0 Å². The largest absolute Gasteiger partial charge is 1.00 e. The van der Waals surface area contributed by atoms with Crippen molar-refractivity contribution in [2.45, 2.75) is 17.9 Å². The zero-order chi connectivity index (χ0) is 23.0. The molecule has 0 saturated carbocycles. The number of anilines is 1. The van der Waals surface area contributed by atoms with E-state index in [0.29, 0.717) is 20.6 Å². The second-order valence-corrected chi connectivity index (χ2v) is 11.5. The van der Waals surface area contributed by atoms with Crippen molar-refractivity contribution in [3.8, 4) is 0 Å². The third-order valence-electron chi connectivity index (χ3n) is 4.69. The van der Waals surface area contributed by atoms with Gasteiger partial charge in [0.1, 0.15) is 10.7 Å². The van der Waals surface area contributed by atoms with Crippen LogP contribution in [0.1, 0.15) is 11.4 Å². The first-order valence-electron chi connectivity index (χ1n) is 9.33. The Morgan fingerprint density at radius 3 is 2.55 bits per heavy atom. The van der Waals surface area contributed by atoms with Gasteiger partial charge < -0.3 is 19.4 Å². The molecule has 0 atom stereocenters. The van der Waals surface area contributed by atoms with Crippen molar-refractivity contribution in [2.24, 2.45) is 0 Å². The summed E-state index contributed by atoms with van der Waals surface area (Å²) in [5.41, 5.74) is 1.47. The monoisotopic (exact) mass is 552 g/mol. The van der Waals surface area contributed by atoms with Crippen LogP contribution < -0.4 is 44.1 Å². The molecule has 1 aliphatic rings. The van der Waals surface area contributed by atoms with Crippen molar-refractivity contribution >= 4 is 84.4 Å². The molecule has 2 heterocycles. The molecule has 168 valence electrons. The van der Waals surface area contributed by atoms with E-state index in [1.165, 1.54) is 23.1 Å². The second-order valence-electron chi connectivity index (χ2n) is 6.97. The minimum absolute atomic E-state index is 0. The summed E-state index contributed by atoms with van der Waals surface area (Å²) >= 11 is 15.1. The van der Waals surface area contributed by atoms with E-state index in [1.54, 1.807) is 28.8 Å². The van der Waals surface area contributed by atoms with Gasteiger partial charge in [-0.05, 0) is 36.8 Å². The molecule has 7 nitrogen and oxygen atoms in total. The fourth-order valence-electron chi connectivity index (χ4n) is 3.39. The molecule has 13 heteroatoms. The number of thioether (sulfide) groups is 1. The van der Waals surface area contributed by atoms with Crippen LogP contribution in [0.25, 0.3) is 16.3 Å². The van der Waals surface area contributed by atoms with Crippen LogP contribution >= 0.6 is 46.3 Å². The van der Waals surface area contributed by atoms with Gasteiger partial charge in [0.15, 0.2) is 6.54 Å². The summed E-state index contributed by atoms with van der Waals surface area (Å²) in [5, 5.41) is 13.8. The van der Waals surface area contributed by atoms with E-state index >= 15 is 0 Å². The number of thiazole rings is 1. The first-order valence-corrected chi connectivity index (χ1v) is 13.3. The third kappa shape index (κ3) is 6.45. The Kier molecular flexibility index (Phi) is 8.80. The number of aliphatic carboxylic acids is 1. The van der Waals surface area contributed by atoms with Crippen LogP contribution in [0.5, 0.6) is 0 Å². The Balaban J connectivity index is 0.00000306. The van der Waals surface area contributed by atoms with E-state index in [4.69, 9.17) is 23.2 Å². The number of carbonyl (C=O) groups excluding carboxylic acids is 1. The van der Waals surface area contributed by atoms with E-state index in [-0.39, 0.29) is 49.1 Å². The predicted octanol–water partition coefficient (Wildman–Crippen LogP) is 0.0955. The number of hydrogen-bond acceptors (Lipinski definition) is 8. The number of carboxylic acid groups (broad SMARTS) is 1. The summed E-state index contributed by atoms with van der Waals surface area (Å²) in [4.78, 5) is 14.2. The molecule has 0 aliphatic carbocycles. The summed E-state index contributed by atoms with van der Waals surface area (Å²) in [7, 11) is -4.34. The van der Waals surface area contributed by atoms with Gasteiger partial charge in [-0.3, -0.25) is 0 Å². The van der Waals surface area contributed by atoms with Crippen molar-refractivity contribution in [3.63, 3.8) is 0 Å². The van der Waals surface area contributed by atoms with Gasteiger partial charge in [-0.25, -0.2) is 8.42 Å². The van der Waals surface area contributed by atoms with Crippen LogP contribution in [0.3, 0.4) is 0 Å². The smallest absolute Gasteiger partial charge is 0.748 e. The number of aromatic nitrogens is 1. The molecule has 0 fully saturated rings. The maximum Gasteiger partial charge on any atom is 1.00 e. The van der Waals surface area contributed by atoms with Gasteiger partial charge in [-0.15, -0.1) is 0 Å². The standard InChI is InChI=1S/C20H16Cl2N2O5S3.Na/c21-12-2-4-16-14(8-12)23(6-1-7-32(27,28)29)18(30-16)10-19-24(11-20(25)26)15-9-13(22)3-5-17(15)31-19;/h2-5,8-10H,1,6-7,11H2,(H-,25,26,27,28,29);/q;+1/p-1. The Morgan fingerprint density at radius 2 is 1.85 bits per heavy atom. The molecular formula is C20H15Cl2N2NaO5S3. The van der Waals surface area contributed by atoms with E-state index in [0.717, 1.165) is 20.3 Å². The van der Waals surface area contributed by atoms with E-state index in [9.17, 15) is 22.9 Å². The molecule has 0 radical (unpaired) electrons. The molecule has 0 saturated heterocycles. The maximum absolute atomic E-state index is 11.4. The maximum atomic E-state index is 11.4. The molecule has 4 rings (SSSR count). The normalized spacial score (nSPS) is 14.5. The molecule has 0 spiro atoms. The molecule has 1 aromatic heterocycles. The number of rotatable bonds is 7. The minimum Gasteiger partial charge on any atom is -0.748 e. The van der Waals surface area contributed by atoms with E-state index in [1.807, 2.05) is 23.1 Å². The summed E-state index contributed by atoms with van der Waals surface area (Å²) < 4.78 is 35.7. The third-order valence-corrected chi connectivity index (χ3v) is 8.18. The number of fused-ring (bicyclic) bond motifs is 2. The zero-order valence-corrected chi connectivity index (χ0v) is 23.2. The molecule has 1 aliphatic heterocycles. The Bertz CT molecular complexity index is 1360. The van der Waals surface area contributed by atoms with E-state index < -0.39 is 21.8 Å². The van der Waals surface area contributed by atoms with Crippen molar-refractivity contribution in [1.82, 2.24) is 0 Å². The average Bonchev–Trinajstić information content (AvgIpc) is 3.19. The molecule has 3 aromatic rings. The van der Waals surface area contributed by atoms with E-state index in [2.05, 4.69) is 0 Å². The Morgan fingerprint density at radius 1 is 1.15 bits per heavy atom. The number of hydrogen-bond donors (Lipinski definition) is 0. The van der Waals surface area contributed by atoms with Gasteiger partial charge >= 0.3 is 29.6 Å². The molecule has 33 heavy (non-hydrogen) atoms. The number of carbonyl (C=O) groups is 1. The van der Waals surface area contributed by atoms with Crippen molar-refractivity contribution < 1.29 is 57.0 Å². The van der Waals surface area contributed by atoms with Crippen LogP contribution in [0.15, 0.2) is 46.3 Å².